The number of hydrogen-bond acceptors (Lipinski definition) is 6. The largest absolute Gasteiger partial charge is 0.494 e. The molecule has 4 rings (SSSR count). The number of nitrogens with zero attached hydrogens (tertiary/aromatic N) is 4. The molecular formula is C32H38FN5O. The Morgan fingerprint density at radius 1 is 1.03 bits per heavy atom. The zero-order chi connectivity index (χ0) is 28.4. The third kappa shape index (κ3) is 7.05. The smallest absolute Gasteiger partial charge is 0.145 e. The van der Waals surface area contributed by atoms with Crippen molar-refractivity contribution in [2.24, 2.45) is 10.9 Å². The van der Waals surface area contributed by atoms with Crippen molar-refractivity contribution in [2.45, 2.75) is 54.0 Å². The van der Waals surface area contributed by atoms with Crippen LogP contribution in [0.4, 0.5) is 10.2 Å². The maximum absolute atomic E-state index is 13.5. The molecule has 0 amide bonds. The number of fused-ring (bicyclic) bond motifs is 1. The fourth-order valence-electron chi connectivity index (χ4n) is 4.29. The number of ether oxygens (including phenoxy) is 1. The fraction of sp³-hybridized carbons (Fsp3) is 0.312. The highest BCUT2D eigenvalue weighted by molar-refractivity contribution is 6.00. The molecule has 0 spiro atoms. The third-order valence-electron chi connectivity index (χ3n) is 6.51. The van der Waals surface area contributed by atoms with E-state index in [4.69, 9.17) is 9.73 Å². The number of aromatic nitrogens is 3. The van der Waals surface area contributed by atoms with E-state index >= 15 is 0 Å². The molecule has 0 aliphatic carbocycles. The van der Waals surface area contributed by atoms with Crippen molar-refractivity contribution in [3.63, 3.8) is 0 Å². The van der Waals surface area contributed by atoms with Crippen LogP contribution in [0.5, 0.6) is 5.75 Å². The van der Waals surface area contributed by atoms with Crippen molar-refractivity contribution in [2.75, 3.05) is 12.4 Å². The summed E-state index contributed by atoms with van der Waals surface area (Å²) in [6.45, 7) is 12.4. The molecule has 0 saturated carbocycles. The molecular weight excluding hydrogens is 489 g/mol. The molecule has 0 radical (unpaired) electrons. The first-order valence-electron chi connectivity index (χ1n) is 13.5. The summed E-state index contributed by atoms with van der Waals surface area (Å²) < 4.78 is 19.2. The van der Waals surface area contributed by atoms with Crippen molar-refractivity contribution in [3.8, 4) is 16.9 Å². The number of rotatable bonds is 9. The van der Waals surface area contributed by atoms with Crippen LogP contribution in [0.25, 0.3) is 27.7 Å². The number of nitrogens with one attached hydrogen (secondary N) is 1. The van der Waals surface area contributed by atoms with Crippen LogP contribution in [0.15, 0.2) is 78.3 Å². The van der Waals surface area contributed by atoms with Crippen LogP contribution >= 0.6 is 0 Å². The Morgan fingerprint density at radius 2 is 1.72 bits per heavy atom. The van der Waals surface area contributed by atoms with Gasteiger partial charge in [-0.05, 0) is 73.7 Å². The Hall–Kier alpha value is -4.13. The van der Waals surface area contributed by atoms with Gasteiger partial charge in [0.25, 0.3) is 0 Å². The Balaban J connectivity index is 0.00000205. The van der Waals surface area contributed by atoms with Gasteiger partial charge in [0.2, 0.25) is 0 Å². The second-order valence-electron chi connectivity index (χ2n) is 8.93. The highest BCUT2D eigenvalue weighted by atomic mass is 19.1. The Kier molecular flexibility index (Phi) is 10.7. The Morgan fingerprint density at radius 3 is 2.33 bits per heavy atom. The first-order valence-corrected chi connectivity index (χ1v) is 13.5. The minimum absolute atomic E-state index is 0.106. The molecule has 0 fully saturated rings. The first kappa shape index (κ1) is 29.4. The lowest BCUT2D eigenvalue weighted by molar-refractivity contribution is 0.419. The summed E-state index contributed by atoms with van der Waals surface area (Å²) >= 11 is 0. The van der Waals surface area contributed by atoms with E-state index in [1.54, 1.807) is 31.6 Å². The summed E-state index contributed by atoms with van der Waals surface area (Å²) in [4.78, 5) is 18.3. The molecule has 1 N–H and O–H groups in total. The topological polar surface area (TPSA) is 72.3 Å². The number of halogens is 1. The second-order valence-corrected chi connectivity index (χ2v) is 8.93. The number of benzene rings is 2. The maximum atomic E-state index is 13.5. The Labute approximate surface area is 231 Å². The van der Waals surface area contributed by atoms with E-state index in [9.17, 15) is 4.39 Å². The van der Waals surface area contributed by atoms with E-state index in [1.807, 2.05) is 51.1 Å². The number of allylic oxidation sites excluding steroid dienone is 1. The van der Waals surface area contributed by atoms with Crippen molar-refractivity contribution in [3.05, 3.63) is 84.7 Å². The van der Waals surface area contributed by atoms with Crippen LogP contribution < -0.4 is 10.1 Å². The number of anilines is 1. The van der Waals surface area contributed by atoms with Crippen LogP contribution in [0.2, 0.25) is 0 Å². The van der Waals surface area contributed by atoms with Crippen LogP contribution in [0.3, 0.4) is 0 Å². The first-order chi connectivity index (χ1) is 18.9. The molecule has 39 heavy (non-hydrogen) atoms. The molecule has 2 heterocycles. The van der Waals surface area contributed by atoms with E-state index in [2.05, 4.69) is 41.0 Å². The lowest BCUT2D eigenvalue weighted by Crippen LogP contribution is -2.31. The molecule has 2 unspecified atom stereocenters. The summed E-state index contributed by atoms with van der Waals surface area (Å²) in [5.41, 5.74) is 5.42. The lowest BCUT2D eigenvalue weighted by Gasteiger charge is -2.23. The average Bonchev–Trinajstić information content (AvgIpc) is 2.98. The van der Waals surface area contributed by atoms with Gasteiger partial charge in [0, 0.05) is 29.1 Å². The molecule has 0 bridgehead atoms. The highest BCUT2D eigenvalue weighted by Gasteiger charge is 2.20. The SMILES string of the molecule is C/C=C(\N=C(C(C)CC)C(C)Nc1ncnc2c(OC)cc(-c3ccc(F)cc3)cc12)c1ccncc1.CC. The summed E-state index contributed by atoms with van der Waals surface area (Å²) in [5, 5.41) is 4.40. The minimum Gasteiger partial charge on any atom is -0.494 e. The number of aliphatic imine (C=N–C) groups is 1. The van der Waals surface area contributed by atoms with Crippen LogP contribution in [-0.4, -0.2) is 33.8 Å². The van der Waals surface area contributed by atoms with Gasteiger partial charge < -0.3 is 10.1 Å². The quantitative estimate of drug-likeness (QED) is 0.222. The minimum atomic E-state index is -0.278. The summed E-state index contributed by atoms with van der Waals surface area (Å²) in [5.74, 6) is 1.28. The molecule has 2 aromatic heterocycles. The average molecular weight is 528 g/mol. The predicted octanol–water partition coefficient (Wildman–Crippen LogP) is 8.21. The molecule has 2 aromatic carbocycles. The van der Waals surface area contributed by atoms with Gasteiger partial charge in [-0.1, -0.05) is 45.9 Å². The van der Waals surface area contributed by atoms with E-state index < -0.39 is 0 Å². The maximum Gasteiger partial charge on any atom is 0.145 e. The van der Waals surface area contributed by atoms with Gasteiger partial charge in [-0.3, -0.25) is 9.98 Å². The monoisotopic (exact) mass is 527 g/mol. The van der Waals surface area contributed by atoms with Crippen LogP contribution in [0.1, 0.15) is 53.5 Å². The van der Waals surface area contributed by atoms with E-state index in [1.165, 1.54) is 18.5 Å². The van der Waals surface area contributed by atoms with Crippen molar-refractivity contribution < 1.29 is 9.13 Å². The van der Waals surface area contributed by atoms with Gasteiger partial charge in [-0.15, -0.1) is 0 Å². The van der Waals surface area contributed by atoms with E-state index in [-0.39, 0.29) is 17.8 Å². The van der Waals surface area contributed by atoms with E-state index in [0.29, 0.717) is 17.1 Å². The van der Waals surface area contributed by atoms with Crippen LogP contribution in [-0.2, 0) is 0 Å². The fourth-order valence-corrected chi connectivity index (χ4v) is 4.29. The zero-order valence-corrected chi connectivity index (χ0v) is 23.9. The van der Waals surface area contributed by atoms with Gasteiger partial charge in [-0.2, -0.15) is 0 Å². The van der Waals surface area contributed by atoms with E-state index in [0.717, 1.165) is 39.9 Å². The molecule has 7 heteroatoms. The number of methoxy groups -OCH3 is 1. The normalized spacial score (nSPS) is 13.3. The van der Waals surface area contributed by atoms with Crippen molar-refractivity contribution in [1.82, 2.24) is 15.0 Å². The van der Waals surface area contributed by atoms with Gasteiger partial charge >= 0.3 is 0 Å². The van der Waals surface area contributed by atoms with Crippen molar-refractivity contribution >= 4 is 28.1 Å². The number of hydrogen-bond donors (Lipinski definition) is 1. The summed E-state index contributed by atoms with van der Waals surface area (Å²) in [6, 6.07) is 14.1. The zero-order valence-electron chi connectivity index (χ0n) is 23.9. The van der Waals surface area contributed by atoms with Gasteiger partial charge in [0.1, 0.15) is 29.2 Å². The molecule has 6 nitrogen and oxygen atoms in total. The molecule has 0 aliphatic heterocycles. The summed E-state index contributed by atoms with van der Waals surface area (Å²) in [6.07, 6.45) is 8.05. The lowest BCUT2D eigenvalue weighted by atomic mass is 9.96. The van der Waals surface area contributed by atoms with Gasteiger partial charge in [0.05, 0.1) is 18.8 Å². The van der Waals surface area contributed by atoms with Crippen LogP contribution in [0, 0.1) is 11.7 Å². The summed E-state index contributed by atoms with van der Waals surface area (Å²) in [7, 11) is 1.62. The molecule has 0 saturated heterocycles. The van der Waals surface area contributed by atoms with Gasteiger partial charge in [-0.25, -0.2) is 14.4 Å². The Bertz CT molecular complexity index is 1420. The van der Waals surface area contributed by atoms with Gasteiger partial charge in [0.15, 0.2) is 0 Å². The number of pyridine rings is 1. The second kappa shape index (κ2) is 14.1. The molecule has 204 valence electrons. The predicted molar refractivity (Wildman–Crippen MR) is 161 cm³/mol. The molecule has 0 aliphatic rings. The standard InChI is InChI=1S/C30H32FN5O.C2H6/c1-6-19(3)28(36-26(7-2)22-12-14-32-15-13-22)20(4)35-30-25-16-23(21-8-10-24(31)11-9-21)17-27(37-5)29(25)33-18-34-30;1-2/h7-20H,6H2,1-5H3,(H,33,34,35);1-2H3/b26-7-,36-28?;. The van der Waals surface area contributed by atoms with Crippen molar-refractivity contribution in [1.29, 1.82) is 0 Å². The highest BCUT2D eigenvalue weighted by Crippen LogP contribution is 2.34. The molecule has 4 aromatic rings. The third-order valence-corrected chi connectivity index (χ3v) is 6.51. The molecule has 2 atom stereocenters.